The second-order valence-corrected chi connectivity index (χ2v) is 6.82. The maximum atomic E-state index is 13.2. The number of fused-ring (bicyclic) bond motifs is 1. The van der Waals surface area contributed by atoms with Gasteiger partial charge >= 0.3 is 6.11 Å². The minimum atomic E-state index is -3.38. The molecule has 3 aromatic rings. The van der Waals surface area contributed by atoms with E-state index in [1.807, 2.05) is 0 Å². The number of ether oxygens (including phenoxy) is 1. The fraction of sp³-hybridized carbons (Fsp3) is 0.0870. The van der Waals surface area contributed by atoms with E-state index in [0.717, 1.165) is 0 Å². The molecule has 156 valence electrons. The summed E-state index contributed by atoms with van der Waals surface area (Å²) < 4.78 is 35.7. The average Bonchev–Trinajstić information content (AvgIpc) is 3.27. The summed E-state index contributed by atoms with van der Waals surface area (Å²) in [6.07, 6.45) is -2.08. The van der Waals surface area contributed by atoms with Crippen LogP contribution in [0.1, 0.15) is 43.8 Å². The lowest BCUT2D eigenvalue weighted by Crippen LogP contribution is -2.33. The van der Waals surface area contributed by atoms with Crippen LogP contribution in [0.15, 0.2) is 77.0 Å². The first-order valence-electron chi connectivity index (χ1n) is 9.19. The Balaban J connectivity index is 1.80. The van der Waals surface area contributed by atoms with Crippen molar-refractivity contribution in [2.45, 2.75) is 13.0 Å². The quantitative estimate of drug-likeness (QED) is 0.654. The number of ketones is 2. The van der Waals surface area contributed by atoms with Crippen LogP contribution in [0, 0.1) is 0 Å². The van der Waals surface area contributed by atoms with Crippen LogP contribution in [0.5, 0.6) is 5.75 Å². The molecular weight excluding hydrogens is 408 g/mol. The van der Waals surface area contributed by atoms with Crippen LogP contribution in [0.25, 0.3) is 5.57 Å². The van der Waals surface area contributed by atoms with Gasteiger partial charge in [0.1, 0.15) is 11.4 Å². The summed E-state index contributed by atoms with van der Waals surface area (Å²) in [6, 6.07) is 14.4. The van der Waals surface area contributed by atoms with E-state index in [1.54, 1.807) is 12.1 Å². The molecule has 0 fully saturated rings. The number of Topliss-reactive ketones (excluding diaryl/α,β-unsaturated/α-hetero) is 2. The van der Waals surface area contributed by atoms with Crippen molar-refractivity contribution in [1.82, 2.24) is 5.32 Å². The van der Waals surface area contributed by atoms with Crippen molar-refractivity contribution in [2.75, 3.05) is 0 Å². The fourth-order valence-electron chi connectivity index (χ4n) is 3.25. The van der Waals surface area contributed by atoms with E-state index in [0.29, 0.717) is 6.92 Å². The van der Waals surface area contributed by atoms with Crippen LogP contribution in [0.3, 0.4) is 0 Å². The van der Waals surface area contributed by atoms with Crippen molar-refractivity contribution < 1.29 is 32.3 Å². The largest absolute Gasteiger partial charge is 0.459 e. The number of hydrogen-bond donors (Lipinski definition) is 1. The van der Waals surface area contributed by atoms with E-state index in [4.69, 9.17) is 4.42 Å². The Hall–Kier alpha value is -4.07. The summed E-state index contributed by atoms with van der Waals surface area (Å²) in [5.41, 5.74) is 0.308. The molecule has 0 spiro atoms. The predicted molar refractivity (Wildman–Crippen MR) is 106 cm³/mol. The molecule has 1 N–H and O–H groups in total. The summed E-state index contributed by atoms with van der Waals surface area (Å²) >= 11 is 0. The maximum absolute atomic E-state index is 13.2. The number of furan rings is 1. The van der Waals surface area contributed by atoms with Gasteiger partial charge < -0.3 is 14.5 Å². The monoisotopic (exact) mass is 423 g/mol. The number of rotatable bonds is 5. The first-order chi connectivity index (χ1) is 14.7. The highest BCUT2D eigenvalue weighted by Crippen LogP contribution is 2.33. The van der Waals surface area contributed by atoms with E-state index in [9.17, 15) is 23.2 Å². The molecule has 0 unspecified atom stereocenters. The number of hydrogen-bond acceptors (Lipinski definition) is 5. The lowest BCUT2D eigenvalue weighted by molar-refractivity contribution is -0.158. The van der Waals surface area contributed by atoms with Gasteiger partial charge in [-0.3, -0.25) is 14.4 Å². The van der Waals surface area contributed by atoms with Crippen LogP contribution >= 0.6 is 0 Å². The van der Waals surface area contributed by atoms with Gasteiger partial charge in [-0.05, 0) is 29.8 Å². The topological polar surface area (TPSA) is 85.6 Å². The van der Waals surface area contributed by atoms with Crippen molar-refractivity contribution in [1.29, 1.82) is 0 Å². The molecule has 0 bridgehead atoms. The lowest BCUT2D eigenvalue weighted by atomic mass is 9.84. The molecule has 1 aromatic heterocycles. The SMILES string of the molecule is CC(F)(F)Oc1ccc(C2=C(NC(=O)c3ccco3)C(=O)c3ccccc3C2=O)cc1. The van der Waals surface area contributed by atoms with Crippen LogP contribution in [-0.4, -0.2) is 23.6 Å². The van der Waals surface area contributed by atoms with E-state index >= 15 is 0 Å². The van der Waals surface area contributed by atoms with E-state index in [1.165, 1.54) is 54.8 Å². The van der Waals surface area contributed by atoms with E-state index in [2.05, 4.69) is 10.1 Å². The van der Waals surface area contributed by atoms with E-state index < -0.39 is 23.6 Å². The number of alkyl halides is 2. The van der Waals surface area contributed by atoms with Crippen LogP contribution in [0.2, 0.25) is 0 Å². The molecule has 1 aliphatic rings. The second kappa shape index (κ2) is 7.64. The van der Waals surface area contributed by atoms with Gasteiger partial charge in [-0.1, -0.05) is 36.4 Å². The summed E-state index contributed by atoms with van der Waals surface area (Å²) in [7, 11) is 0. The molecular formula is C23H15F2NO5. The minimum absolute atomic E-state index is 0.0418. The minimum Gasteiger partial charge on any atom is -0.459 e. The molecule has 31 heavy (non-hydrogen) atoms. The standard InChI is InChI=1S/C23H15F2NO5/c1-23(24,25)31-14-10-8-13(9-11-14)18-19(26-22(29)17-7-4-12-30-17)21(28)16-6-3-2-5-15(16)20(18)27/h2-12H,1H3,(H,26,29). The molecule has 0 aliphatic heterocycles. The Morgan fingerprint density at radius 3 is 2.16 bits per heavy atom. The third-order valence-electron chi connectivity index (χ3n) is 4.54. The Bertz CT molecular complexity index is 1210. The van der Waals surface area contributed by atoms with Crippen LogP contribution < -0.4 is 10.1 Å². The summed E-state index contributed by atoms with van der Waals surface area (Å²) in [5.74, 6) is -1.90. The van der Waals surface area contributed by atoms with Gasteiger partial charge in [-0.2, -0.15) is 8.78 Å². The van der Waals surface area contributed by atoms with Crippen molar-refractivity contribution in [3.8, 4) is 5.75 Å². The highest BCUT2D eigenvalue weighted by atomic mass is 19.3. The molecule has 0 radical (unpaired) electrons. The Morgan fingerprint density at radius 2 is 1.58 bits per heavy atom. The van der Waals surface area contributed by atoms with Crippen molar-refractivity contribution >= 4 is 23.0 Å². The van der Waals surface area contributed by atoms with Crippen molar-refractivity contribution in [3.05, 3.63) is 95.1 Å². The third kappa shape index (κ3) is 4.00. The predicted octanol–water partition coefficient (Wildman–Crippen LogP) is 4.49. The molecule has 0 saturated heterocycles. The van der Waals surface area contributed by atoms with Gasteiger partial charge in [0.15, 0.2) is 11.5 Å². The summed E-state index contributed by atoms with van der Waals surface area (Å²) in [5, 5.41) is 2.47. The van der Waals surface area contributed by atoms with E-state index in [-0.39, 0.29) is 39.5 Å². The summed E-state index contributed by atoms with van der Waals surface area (Å²) in [6.45, 7) is 0.603. The number of amides is 1. The molecule has 1 heterocycles. The number of nitrogens with one attached hydrogen (secondary N) is 1. The number of benzene rings is 2. The second-order valence-electron chi connectivity index (χ2n) is 6.82. The smallest absolute Gasteiger partial charge is 0.394 e. The van der Waals surface area contributed by atoms with Crippen molar-refractivity contribution in [2.24, 2.45) is 0 Å². The van der Waals surface area contributed by atoms with Gasteiger partial charge in [-0.15, -0.1) is 0 Å². The molecule has 1 amide bonds. The fourth-order valence-corrected chi connectivity index (χ4v) is 3.25. The van der Waals surface area contributed by atoms with Gasteiger partial charge in [0.25, 0.3) is 5.91 Å². The average molecular weight is 423 g/mol. The molecule has 2 aromatic carbocycles. The first-order valence-corrected chi connectivity index (χ1v) is 9.19. The van der Waals surface area contributed by atoms with Gasteiger partial charge in [0, 0.05) is 18.1 Å². The van der Waals surface area contributed by atoms with Gasteiger partial charge in [0.05, 0.1) is 11.8 Å². The zero-order valence-corrected chi connectivity index (χ0v) is 16.1. The number of allylic oxidation sites excluding steroid dienone is 2. The van der Waals surface area contributed by atoms with Crippen molar-refractivity contribution in [3.63, 3.8) is 0 Å². The number of halogens is 2. The molecule has 1 aliphatic carbocycles. The number of carbonyl (C=O) groups is 3. The third-order valence-corrected chi connectivity index (χ3v) is 4.54. The summed E-state index contributed by atoms with van der Waals surface area (Å²) in [4.78, 5) is 38.9. The Kier molecular flexibility index (Phi) is 4.98. The van der Waals surface area contributed by atoms with Crippen LogP contribution in [-0.2, 0) is 0 Å². The molecule has 4 rings (SSSR count). The first kappa shape index (κ1) is 20.2. The number of carbonyl (C=O) groups excluding carboxylic acids is 3. The Labute approximate surface area is 175 Å². The van der Waals surface area contributed by atoms with Gasteiger partial charge in [0.2, 0.25) is 5.78 Å². The zero-order chi connectivity index (χ0) is 22.2. The highest BCUT2D eigenvalue weighted by Gasteiger charge is 2.34. The van der Waals surface area contributed by atoms with Crippen LogP contribution in [0.4, 0.5) is 8.78 Å². The Morgan fingerprint density at radius 1 is 0.935 bits per heavy atom. The molecule has 0 saturated carbocycles. The van der Waals surface area contributed by atoms with Gasteiger partial charge in [-0.25, -0.2) is 0 Å². The normalized spacial score (nSPS) is 13.8. The molecule has 0 atom stereocenters. The maximum Gasteiger partial charge on any atom is 0.394 e. The molecule has 8 heteroatoms. The highest BCUT2D eigenvalue weighted by molar-refractivity contribution is 6.41. The lowest BCUT2D eigenvalue weighted by Gasteiger charge is -2.22. The molecule has 6 nitrogen and oxygen atoms in total. The zero-order valence-electron chi connectivity index (χ0n) is 16.1.